The lowest BCUT2D eigenvalue weighted by molar-refractivity contribution is 0.0601. The molecular formula is C17H26N2O2. The highest BCUT2D eigenvalue weighted by molar-refractivity contribution is 5.91. The molecule has 0 aromatic heterocycles. The third-order valence-electron chi connectivity index (χ3n) is 4.69. The smallest absolute Gasteiger partial charge is 0.337 e. The standard InChI is InChI=1S/C17H26N2O2/c1-17(2)9-7-13(8-10-17)19(3)15-6-5-12(11-14(15)18)16(20)21-4/h5-6,11,13H,7-10,18H2,1-4H3. The summed E-state index contributed by atoms with van der Waals surface area (Å²) in [4.78, 5) is 13.8. The van der Waals surface area contributed by atoms with Gasteiger partial charge < -0.3 is 15.4 Å². The Labute approximate surface area is 127 Å². The molecule has 0 bridgehead atoms. The molecule has 0 spiro atoms. The molecule has 1 aromatic rings. The van der Waals surface area contributed by atoms with Crippen LogP contribution >= 0.6 is 0 Å². The van der Waals surface area contributed by atoms with Crippen LogP contribution in [0.1, 0.15) is 49.9 Å². The van der Waals surface area contributed by atoms with E-state index in [0.717, 1.165) is 5.69 Å². The van der Waals surface area contributed by atoms with Gasteiger partial charge in [0.1, 0.15) is 0 Å². The Morgan fingerprint density at radius 1 is 1.33 bits per heavy atom. The number of nitrogens with two attached hydrogens (primary N) is 1. The summed E-state index contributed by atoms with van der Waals surface area (Å²) in [6.07, 6.45) is 4.84. The summed E-state index contributed by atoms with van der Waals surface area (Å²) in [7, 11) is 3.47. The molecule has 0 aliphatic heterocycles. The first-order valence-corrected chi connectivity index (χ1v) is 7.55. The molecule has 0 saturated heterocycles. The van der Waals surface area contributed by atoms with Crippen LogP contribution in [-0.2, 0) is 4.74 Å². The van der Waals surface area contributed by atoms with Crippen molar-refractivity contribution < 1.29 is 9.53 Å². The monoisotopic (exact) mass is 290 g/mol. The summed E-state index contributed by atoms with van der Waals surface area (Å²) in [6.45, 7) is 4.67. The molecule has 0 radical (unpaired) electrons. The minimum Gasteiger partial charge on any atom is -0.465 e. The third-order valence-corrected chi connectivity index (χ3v) is 4.69. The van der Waals surface area contributed by atoms with Crippen LogP contribution in [0, 0.1) is 5.41 Å². The van der Waals surface area contributed by atoms with Crippen LogP contribution in [0.25, 0.3) is 0 Å². The number of nitrogen functional groups attached to an aromatic ring is 1. The number of carbonyl (C=O) groups excluding carboxylic acids is 1. The molecule has 1 aromatic carbocycles. The van der Waals surface area contributed by atoms with Gasteiger partial charge in [0.05, 0.1) is 24.0 Å². The van der Waals surface area contributed by atoms with Crippen molar-refractivity contribution in [1.29, 1.82) is 0 Å². The van der Waals surface area contributed by atoms with Gasteiger partial charge in [-0.3, -0.25) is 0 Å². The topological polar surface area (TPSA) is 55.6 Å². The van der Waals surface area contributed by atoms with Gasteiger partial charge >= 0.3 is 5.97 Å². The normalized spacial score (nSPS) is 18.3. The number of ether oxygens (including phenoxy) is 1. The van der Waals surface area contributed by atoms with E-state index in [2.05, 4.69) is 25.8 Å². The van der Waals surface area contributed by atoms with E-state index < -0.39 is 0 Å². The largest absolute Gasteiger partial charge is 0.465 e. The number of carbonyl (C=O) groups is 1. The molecule has 1 aliphatic carbocycles. The van der Waals surface area contributed by atoms with E-state index in [-0.39, 0.29) is 5.97 Å². The molecule has 0 atom stereocenters. The van der Waals surface area contributed by atoms with Crippen molar-refractivity contribution in [1.82, 2.24) is 0 Å². The molecule has 2 rings (SSSR count). The maximum absolute atomic E-state index is 11.5. The van der Waals surface area contributed by atoms with Gasteiger partial charge in [-0.15, -0.1) is 0 Å². The SMILES string of the molecule is COC(=O)c1ccc(N(C)C2CCC(C)(C)CC2)c(N)c1. The summed E-state index contributed by atoms with van der Waals surface area (Å²) in [5.74, 6) is -0.352. The lowest BCUT2D eigenvalue weighted by atomic mass is 9.75. The number of esters is 1. The third kappa shape index (κ3) is 3.49. The van der Waals surface area contributed by atoms with Gasteiger partial charge in [-0.1, -0.05) is 13.8 Å². The lowest BCUT2D eigenvalue weighted by Gasteiger charge is -2.40. The van der Waals surface area contributed by atoms with Crippen molar-refractivity contribution in [3.8, 4) is 0 Å². The van der Waals surface area contributed by atoms with Crippen molar-refractivity contribution in [2.75, 3.05) is 24.8 Å². The van der Waals surface area contributed by atoms with Gasteiger partial charge in [0.2, 0.25) is 0 Å². The predicted molar refractivity (Wildman–Crippen MR) is 86.6 cm³/mol. The molecule has 2 N–H and O–H groups in total. The Hall–Kier alpha value is -1.71. The zero-order chi connectivity index (χ0) is 15.6. The zero-order valence-electron chi connectivity index (χ0n) is 13.5. The first-order chi connectivity index (χ1) is 9.84. The fourth-order valence-corrected chi connectivity index (χ4v) is 3.09. The summed E-state index contributed by atoms with van der Waals surface area (Å²) in [6, 6.07) is 5.91. The average Bonchev–Trinajstić information content (AvgIpc) is 2.45. The molecule has 21 heavy (non-hydrogen) atoms. The Bertz CT molecular complexity index is 516. The summed E-state index contributed by atoms with van der Waals surface area (Å²) >= 11 is 0. The van der Waals surface area contributed by atoms with Crippen LogP contribution in [0.2, 0.25) is 0 Å². The highest BCUT2D eigenvalue weighted by Crippen LogP contribution is 2.38. The molecule has 1 aliphatic rings. The first-order valence-electron chi connectivity index (χ1n) is 7.55. The van der Waals surface area contributed by atoms with Crippen molar-refractivity contribution >= 4 is 17.3 Å². The second-order valence-corrected chi connectivity index (χ2v) is 6.77. The molecule has 116 valence electrons. The highest BCUT2D eigenvalue weighted by atomic mass is 16.5. The highest BCUT2D eigenvalue weighted by Gasteiger charge is 2.29. The van der Waals surface area contributed by atoms with E-state index in [0.29, 0.717) is 22.7 Å². The average molecular weight is 290 g/mol. The molecule has 0 amide bonds. The number of methoxy groups -OCH3 is 1. The van der Waals surface area contributed by atoms with E-state index in [9.17, 15) is 4.79 Å². The number of anilines is 2. The maximum Gasteiger partial charge on any atom is 0.337 e. The van der Waals surface area contributed by atoms with Crippen molar-refractivity contribution in [2.45, 2.75) is 45.6 Å². The first kappa shape index (κ1) is 15.7. The molecule has 1 fully saturated rings. The van der Waals surface area contributed by atoms with Crippen LogP contribution in [0.5, 0.6) is 0 Å². The van der Waals surface area contributed by atoms with Gasteiger partial charge in [-0.25, -0.2) is 4.79 Å². The molecule has 1 saturated carbocycles. The Morgan fingerprint density at radius 3 is 2.48 bits per heavy atom. The zero-order valence-corrected chi connectivity index (χ0v) is 13.5. The minimum absolute atomic E-state index is 0.352. The molecule has 4 heteroatoms. The molecule has 0 unspecified atom stereocenters. The van der Waals surface area contributed by atoms with E-state index in [1.165, 1.54) is 32.8 Å². The van der Waals surface area contributed by atoms with E-state index in [1.54, 1.807) is 12.1 Å². The van der Waals surface area contributed by atoms with Crippen molar-refractivity contribution in [3.05, 3.63) is 23.8 Å². The van der Waals surface area contributed by atoms with Crippen molar-refractivity contribution in [2.24, 2.45) is 5.41 Å². The summed E-state index contributed by atoms with van der Waals surface area (Å²) in [5, 5.41) is 0. The number of rotatable bonds is 3. The van der Waals surface area contributed by atoms with Crippen LogP contribution in [0.15, 0.2) is 18.2 Å². The van der Waals surface area contributed by atoms with Crippen LogP contribution < -0.4 is 10.6 Å². The van der Waals surface area contributed by atoms with E-state index in [4.69, 9.17) is 10.5 Å². The van der Waals surface area contributed by atoms with Crippen LogP contribution in [-0.4, -0.2) is 26.2 Å². The van der Waals surface area contributed by atoms with Gasteiger partial charge in [-0.05, 0) is 49.3 Å². The Balaban J connectivity index is 2.13. The number of benzene rings is 1. The van der Waals surface area contributed by atoms with Gasteiger partial charge in [0.15, 0.2) is 0 Å². The molecular weight excluding hydrogens is 264 g/mol. The van der Waals surface area contributed by atoms with Gasteiger partial charge in [0, 0.05) is 13.1 Å². The molecule has 4 nitrogen and oxygen atoms in total. The molecule has 0 heterocycles. The number of hydrogen-bond acceptors (Lipinski definition) is 4. The number of hydrogen-bond donors (Lipinski definition) is 1. The quantitative estimate of drug-likeness (QED) is 0.684. The Morgan fingerprint density at radius 2 is 1.95 bits per heavy atom. The van der Waals surface area contributed by atoms with Crippen LogP contribution in [0.4, 0.5) is 11.4 Å². The van der Waals surface area contributed by atoms with Gasteiger partial charge in [-0.2, -0.15) is 0 Å². The predicted octanol–water partition coefficient (Wildman–Crippen LogP) is 3.46. The lowest BCUT2D eigenvalue weighted by Crippen LogP contribution is -2.37. The fourth-order valence-electron chi connectivity index (χ4n) is 3.09. The van der Waals surface area contributed by atoms with E-state index >= 15 is 0 Å². The Kier molecular flexibility index (Phi) is 4.45. The maximum atomic E-state index is 11.5. The van der Waals surface area contributed by atoms with Crippen molar-refractivity contribution in [3.63, 3.8) is 0 Å². The summed E-state index contributed by atoms with van der Waals surface area (Å²) < 4.78 is 4.72. The number of nitrogens with zero attached hydrogens (tertiary/aromatic N) is 1. The van der Waals surface area contributed by atoms with Gasteiger partial charge in [0.25, 0.3) is 0 Å². The van der Waals surface area contributed by atoms with Crippen LogP contribution in [0.3, 0.4) is 0 Å². The summed E-state index contributed by atoms with van der Waals surface area (Å²) in [5.41, 5.74) is 8.70. The fraction of sp³-hybridized carbons (Fsp3) is 0.588. The second-order valence-electron chi connectivity index (χ2n) is 6.77. The van der Waals surface area contributed by atoms with E-state index in [1.807, 2.05) is 6.07 Å². The second kappa shape index (κ2) is 5.96. The minimum atomic E-state index is -0.352.